The molecular weight excluding hydrogens is 428 g/mol. The SMILES string of the molecule is Cc1c([N+](=O)[O-])cn(CC(=O)c2ccc(Br)s2)c(=O)c1Br. The van der Waals surface area contributed by atoms with Crippen LogP contribution in [0, 0.1) is 17.0 Å². The highest BCUT2D eigenvalue weighted by atomic mass is 79.9. The van der Waals surface area contributed by atoms with Gasteiger partial charge in [-0.1, -0.05) is 0 Å². The second-order valence-corrected chi connectivity index (χ2v) is 7.43. The van der Waals surface area contributed by atoms with E-state index in [-0.39, 0.29) is 28.1 Å². The number of hydrogen-bond acceptors (Lipinski definition) is 5. The lowest BCUT2D eigenvalue weighted by Crippen LogP contribution is -2.25. The van der Waals surface area contributed by atoms with Gasteiger partial charge in [0, 0.05) is 5.56 Å². The molecule has 6 nitrogen and oxygen atoms in total. The van der Waals surface area contributed by atoms with Gasteiger partial charge in [0.2, 0.25) is 0 Å². The van der Waals surface area contributed by atoms with Crippen LogP contribution >= 0.6 is 43.2 Å². The van der Waals surface area contributed by atoms with Crippen molar-refractivity contribution < 1.29 is 9.72 Å². The van der Waals surface area contributed by atoms with Crippen LogP contribution < -0.4 is 5.56 Å². The molecule has 0 saturated carbocycles. The number of thiophene rings is 1. The molecule has 0 spiro atoms. The number of halogens is 2. The quantitative estimate of drug-likeness (QED) is 0.417. The minimum absolute atomic E-state index is 0.0943. The molecule has 0 aliphatic carbocycles. The molecule has 0 aromatic carbocycles. The monoisotopic (exact) mass is 434 g/mol. The molecule has 21 heavy (non-hydrogen) atoms. The smallest absolute Gasteiger partial charge is 0.289 e. The standard InChI is InChI=1S/C12H8Br2N2O4S/c1-6-7(16(19)20)4-15(12(18)11(6)14)5-8(17)9-2-3-10(13)21-9/h2-4H,5H2,1H3. The number of ketones is 1. The summed E-state index contributed by atoms with van der Waals surface area (Å²) in [7, 11) is 0. The molecule has 2 heterocycles. The second-order valence-electron chi connectivity index (χ2n) is 4.17. The van der Waals surface area contributed by atoms with E-state index in [1.54, 1.807) is 12.1 Å². The fourth-order valence-corrected chi connectivity index (χ4v) is 3.45. The van der Waals surface area contributed by atoms with Crippen LogP contribution in [-0.2, 0) is 6.54 Å². The van der Waals surface area contributed by atoms with Crippen LogP contribution in [0.2, 0.25) is 0 Å². The largest absolute Gasteiger partial charge is 0.300 e. The first kappa shape index (κ1) is 16.1. The highest BCUT2D eigenvalue weighted by Crippen LogP contribution is 2.24. The molecule has 0 radical (unpaired) electrons. The summed E-state index contributed by atoms with van der Waals surface area (Å²) in [4.78, 5) is 35.0. The Kier molecular flexibility index (Phi) is 4.74. The third-order valence-electron chi connectivity index (χ3n) is 2.80. The number of nitrogens with zero attached hydrogens (tertiary/aromatic N) is 2. The lowest BCUT2D eigenvalue weighted by Gasteiger charge is -2.07. The number of Topliss-reactive ketones (excluding diaryl/α,β-unsaturated/α-hetero) is 1. The number of aromatic nitrogens is 1. The third-order valence-corrected chi connectivity index (χ3v) is 5.40. The van der Waals surface area contributed by atoms with Crippen molar-refractivity contribution in [3.63, 3.8) is 0 Å². The Bertz CT molecular complexity index is 797. The zero-order chi connectivity index (χ0) is 15.7. The third kappa shape index (κ3) is 3.30. The molecule has 0 atom stereocenters. The zero-order valence-corrected chi connectivity index (χ0v) is 14.6. The number of carbonyl (C=O) groups excluding carboxylic acids is 1. The highest BCUT2D eigenvalue weighted by Gasteiger charge is 2.20. The minimum atomic E-state index is -0.581. The molecule has 2 rings (SSSR count). The van der Waals surface area contributed by atoms with Crippen LogP contribution in [0.15, 0.2) is 31.4 Å². The van der Waals surface area contributed by atoms with E-state index in [1.807, 2.05) is 0 Å². The summed E-state index contributed by atoms with van der Waals surface area (Å²) in [5.41, 5.74) is -0.434. The first-order chi connectivity index (χ1) is 9.81. The topological polar surface area (TPSA) is 82.2 Å². The van der Waals surface area contributed by atoms with Gasteiger partial charge in [0.05, 0.1) is 30.8 Å². The molecule has 2 aromatic rings. The fraction of sp³-hybridized carbons (Fsp3) is 0.167. The molecule has 0 aliphatic heterocycles. The molecule has 0 saturated heterocycles. The van der Waals surface area contributed by atoms with E-state index in [1.165, 1.54) is 18.3 Å². The van der Waals surface area contributed by atoms with Crippen molar-refractivity contribution in [2.75, 3.05) is 0 Å². The Balaban J connectivity index is 2.43. The van der Waals surface area contributed by atoms with Crippen molar-refractivity contribution in [3.8, 4) is 0 Å². The van der Waals surface area contributed by atoms with Crippen LogP contribution in [0.1, 0.15) is 15.2 Å². The average molecular weight is 436 g/mol. The van der Waals surface area contributed by atoms with E-state index in [2.05, 4.69) is 31.9 Å². The second kappa shape index (κ2) is 6.20. The predicted molar refractivity (Wildman–Crippen MR) is 86.1 cm³/mol. The Hall–Kier alpha value is -1.32. The molecule has 0 bridgehead atoms. The molecule has 2 aromatic heterocycles. The van der Waals surface area contributed by atoms with Crippen molar-refractivity contribution in [2.24, 2.45) is 0 Å². The summed E-state index contributed by atoms with van der Waals surface area (Å²) in [5, 5.41) is 11.0. The summed E-state index contributed by atoms with van der Waals surface area (Å²) in [6, 6.07) is 3.37. The molecule has 110 valence electrons. The highest BCUT2D eigenvalue weighted by molar-refractivity contribution is 9.11. The van der Waals surface area contributed by atoms with E-state index in [0.29, 0.717) is 4.88 Å². The van der Waals surface area contributed by atoms with Crippen molar-refractivity contribution >= 4 is 54.7 Å². The van der Waals surface area contributed by atoms with Crippen LogP contribution in [-0.4, -0.2) is 15.3 Å². The molecule has 0 aliphatic rings. The molecule has 9 heteroatoms. The summed E-state index contributed by atoms with van der Waals surface area (Å²) >= 11 is 7.54. The summed E-state index contributed by atoms with van der Waals surface area (Å²) in [6.45, 7) is 1.23. The van der Waals surface area contributed by atoms with Crippen LogP contribution in [0.5, 0.6) is 0 Å². The maximum atomic E-state index is 12.1. The van der Waals surface area contributed by atoms with Crippen molar-refractivity contribution in [1.82, 2.24) is 4.57 Å². The summed E-state index contributed by atoms with van der Waals surface area (Å²) < 4.78 is 1.94. The molecule has 0 amide bonds. The number of carbonyl (C=O) groups is 1. The summed E-state index contributed by atoms with van der Waals surface area (Å²) in [6.07, 6.45) is 1.10. The first-order valence-corrected chi connectivity index (χ1v) is 8.04. The van der Waals surface area contributed by atoms with Crippen LogP contribution in [0.25, 0.3) is 0 Å². The number of nitro groups is 1. The van der Waals surface area contributed by atoms with Gasteiger partial charge in [0.1, 0.15) is 0 Å². The molecule has 0 fully saturated rings. The van der Waals surface area contributed by atoms with E-state index in [4.69, 9.17) is 0 Å². The number of hydrogen-bond donors (Lipinski definition) is 0. The maximum absolute atomic E-state index is 12.1. The Labute approximate surface area is 139 Å². The van der Waals surface area contributed by atoms with Gasteiger partial charge in [-0.2, -0.15) is 0 Å². The van der Waals surface area contributed by atoms with Gasteiger partial charge < -0.3 is 0 Å². The Morgan fingerprint density at radius 2 is 2.10 bits per heavy atom. The fourth-order valence-electron chi connectivity index (χ4n) is 1.70. The van der Waals surface area contributed by atoms with E-state index >= 15 is 0 Å². The van der Waals surface area contributed by atoms with E-state index in [0.717, 1.165) is 14.6 Å². The Morgan fingerprint density at radius 1 is 1.43 bits per heavy atom. The minimum Gasteiger partial charge on any atom is -0.300 e. The average Bonchev–Trinajstić information content (AvgIpc) is 2.85. The van der Waals surface area contributed by atoms with Gasteiger partial charge in [-0.25, -0.2) is 0 Å². The van der Waals surface area contributed by atoms with Gasteiger partial charge in [0.25, 0.3) is 11.2 Å². The van der Waals surface area contributed by atoms with Crippen LogP contribution in [0.3, 0.4) is 0 Å². The number of rotatable bonds is 4. The van der Waals surface area contributed by atoms with Gasteiger partial charge in [-0.15, -0.1) is 11.3 Å². The molecule has 0 N–H and O–H groups in total. The van der Waals surface area contributed by atoms with Crippen molar-refractivity contribution in [3.05, 3.63) is 57.5 Å². The first-order valence-electron chi connectivity index (χ1n) is 5.63. The van der Waals surface area contributed by atoms with Gasteiger partial charge in [0.15, 0.2) is 5.78 Å². The number of pyridine rings is 1. The Morgan fingerprint density at radius 3 is 2.62 bits per heavy atom. The van der Waals surface area contributed by atoms with Gasteiger partial charge >= 0.3 is 0 Å². The van der Waals surface area contributed by atoms with Crippen LogP contribution in [0.4, 0.5) is 5.69 Å². The van der Waals surface area contributed by atoms with E-state index in [9.17, 15) is 19.7 Å². The van der Waals surface area contributed by atoms with E-state index < -0.39 is 10.5 Å². The zero-order valence-electron chi connectivity index (χ0n) is 10.6. The van der Waals surface area contributed by atoms with Gasteiger partial charge in [-0.3, -0.25) is 24.3 Å². The lowest BCUT2D eigenvalue weighted by molar-refractivity contribution is -0.386. The normalized spacial score (nSPS) is 10.6. The van der Waals surface area contributed by atoms with Crippen molar-refractivity contribution in [1.29, 1.82) is 0 Å². The van der Waals surface area contributed by atoms with Gasteiger partial charge in [-0.05, 0) is 50.9 Å². The molecular formula is C12H8Br2N2O4S. The maximum Gasteiger partial charge on any atom is 0.289 e. The predicted octanol–water partition coefficient (Wildman–Crippen LogP) is 3.53. The lowest BCUT2D eigenvalue weighted by atomic mass is 10.2. The summed E-state index contributed by atoms with van der Waals surface area (Å²) in [5.74, 6) is -0.280. The molecule has 0 unspecified atom stereocenters. The van der Waals surface area contributed by atoms with Crippen molar-refractivity contribution in [2.45, 2.75) is 13.5 Å².